The number of nitrogens with zero attached hydrogens (tertiary/aromatic N) is 1. The van der Waals surface area contributed by atoms with Gasteiger partial charge in [-0.2, -0.15) is 4.31 Å². The van der Waals surface area contributed by atoms with Crippen molar-refractivity contribution < 1.29 is 13.5 Å². The summed E-state index contributed by atoms with van der Waals surface area (Å²) in [6, 6.07) is 3.84. The van der Waals surface area contributed by atoms with Gasteiger partial charge < -0.3 is 5.11 Å². The predicted molar refractivity (Wildman–Crippen MR) is 107 cm³/mol. The van der Waals surface area contributed by atoms with Crippen molar-refractivity contribution in [3.8, 4) is 0 Å². The number of sulfonamides is 1. The van der Waals surface area contributed by atoms with E-state index >= 15 is 0 Å². The van der Waals surface area contributed by atoms with Gasteiger partial charge in [0.1, 0.15) is 0 Å². The van der Waals surface area contributed by atoms with Crippen LogP contribution in [0.2, 0.25) is 0 Å². The molecule has 0 saturated carbocycles. The van der Waals surface area contributed by atoms with Gasteiger partial charge in [-0.3, -0.25) is 0 Å². The van der Waals surface area contributed by atoms with Crippen molar-refractivity contribution in [3.63, 3.8) is 0 Å². The summed E-state index contributed by atoms with van der Waals surface area (Å²) >= 11 is 0. The zero-order valence-corrected chi connectivity index (χ0v) is 17.9. The van der Waals surface area contributed by atoms with Crippen molar-refractivity contribution in [1.82, 2.24) is 4.31 Å². The zero-order valence-electron chi connectivity index (χ0n) is 17.1. The van der Waals surface area contributed by atoms with Crippen molar-refractivity contribution in [3.05, 3.63) is 28.8 Å². The molecule has 2 rings (SSSR count). The normalized spacial score (nSPS) is 19.7. The predicted octanol–water partition coefficient (Wildman–Crippen LogP) is 4.59. The van der Waals surface area contributed by atoms with Crippen molar-refractivity contribution in [1.29, 1.82) is 0 Å². The fraction of sp³-hybridized carbons (Fsp3) is 0.714. The van der Waals surface area contributed by atoms with E-state index in [9.17, 15) is 13.5 Å². The molecular formula is C21H35NO3S. The number of benzene rings is 1. The molecule has 1 aromatic rings. The Morgan fingerprint density at radius 1 is 1.00 bits per heavy atom. The Labute approximate surface area is 159 Å². The standard InChI is InChI=1S/C21H35NO3S/c1-14(2)17-11-19(15(3)4)21(20(12-17)16(5)6)26(24,25)22-10-8-7-9-18(22)13-23/h11-12,14-16,18,23H,7-10,13H2,1-6H3. The Kier molecular flexibility index (Phi) is 6.92. The molecule has 4 nitrogen and oxygen atoms in total. The molecule has 0 radical (unpaired) electrons. The lowest BCUT2D eigenvalue weighted by molar-refractivity contribution is 0.155. The van der Waals surface area contributed by atoms with Crippen molar-refractivity contribution in [2.24, 2.45) is 0 Å². The van der Waals surface area contributed by atoms with Crippen LogP contribution >= 0.6 is 0 Å². The summed E-state index contributed by atoms with van der Waals surface area (Å²) in [7, 11) is -3.64. The first-order valence-electron chi connectivity index (χ1n) is 9.91. The molecule has 0 aliphatic carbocycles. The second kappa shape index (κ2) is 8.41. The van der Waals surface area contributed by atoms with Gasteiger partial charge in [0.25, 0.3) is 0 Å². The van der Waals surface area contributed by atoms with E-state index in [-0.39, 0.29) is 24.5 Å². The minimum atomic E-state index is -3.64. The summed E-state index contributed by atoms with van der Waals surface area (Å²) in [5, 5.41) is 9.74. The summed E-state index contributed by atoms with van der Waals surface area (Å²) in [6.45, 7) is 12.9. The molecule has 1 N–H and O–H groups in total. The van der Waals surface area contributed by atoms with Crippen LogP contribution in [0.1, 0.15) is 95.2 Å². The maximum Gasteiger partial charge on any atom is 0.243 e. The van der Waals surface area contributed by atoms with E-state index in [0.29, 0.717) is 17.4 Å². The summed E-state index contributed by atoms with van der Waals surface area (Å²) in [4.78, 5) is 0.479. The lowest BCUT2D eigenvalue weighted by atomic mass is 9.89. The lowest BCUT2D eigenvalue weighted by Gasteiger charge is -2.35. The minimum Gasteiger partial charge on any atom is -0.395 e. The highest BCUT2D eigenvalue weighted by Gasteiger charge is 2.37. The Balaban J connectivity index is 2.73. The van der Waals surface area contributed by atoms with Gasteiger partial charge in [0, 0.05) is 12.6 Å². The van der Waals surface area contributed by atoms with Crippen LogP contribution in [0.15, 0.2) is 17.0 Å². The first-order chi connectivity index (χ1) is 12.1. The zero-order chi connectivity index (χ0) is 19.6. The average molecular weight is 382 g/mol. The molecule has 0 bridgehead atoms. The SMILES string of the molecule is CC(C)c1cc(C(C)C)c(S(=O)(=O)N2CCCCC2CO)c(C(C)C)c1. The van der Waals surface area contributed by atoms with Gasteiger partial charge in [-0.15, -0.1) is 0 Å². The third-order valence-corrected chi connectivity index (χ3v) is 7.52. The highest BCUT2D eigenvalue weighted by atomic mass is 32.2. The monoisotopic (exact) mass is 381 g/mol. The summed E-state index contributed by atoms with van der Waals surface area (Å²) in [5.41, 5.74) is 3.00. The molecule has 0 spiro atoms. The molecule has 1 aromatic carbocycles. The second-order valence-electron chi connectivity index (χ2n) is 8.44. The lowest BCUT2D eigenvalue weighted by Crippen LogP contribution is -2.46. The van der Waals surface area contributed by atoms with E-state index in [4.69, 9.17) is 0 Å². The van der Waals surface area contributed by atoms with Gasteiger partial charge >= 0.3 is 0 Å². The van der Waals surface area contributed by atoms with Gasteiger partial charge in [0.15, 0.2) is 0 Å². The van der Waals surface area contributed by atoms with Crippen LogP contribution in [-0.2, 0) is 10.0 Å². The molecule has 1 fully saturated rings. The number of rotatable bonds is 6. The minimum absolute atomic E-state index is 0.114. The fourth-order valence-corrected chi connectivity index (χ4v) is 6.13. The Bertz CT molecular complexity index is 694. The van der Waals surface area contributed by atoms with Crippen molar-refractivity contribution >= 4 is 10.0 Å². The topological polar surface area (TPSA) is 57.6 Å². The van der Waals surface area contributed by atoms with Gasteiger partial charge in [-0.1, -0.05) is 60.1 Å². The largest absolute Gasteiger partial charge is 0.395 e. The molecular weight excluding hydrogens is 346 g/mol. The highest BCUT2D eigenvalue weighted by Crippen LogP contribution is 2.38. The maximum absolute atomic E-state index is 13.7. The molecule has 148 valence electrons. The number of piperidine rings is 1. The average Bonchev–Trinajstić information content (AvgIpc) is 2.60. The van der Waals surface area contributed by atoms with Crippen LogP contribution in [0.3, 0.4) is 0 Å². The van der Waals surface area contributed by atoms with E-state index in [1.54, 1.807) is 4.31 Å². The molecule has 0 aromatic heterocycles. The Morgan fingerprint density at radius 2 is 1.54 bits per heavy atom. The Morgan fingerprint density at radius 3 is 1.96 bits per heavy atom. The van der Waals surface area contributed by atoms with Crippen LogP contribution in [0, 0.1) is 0 Å². The third kappa shape index (κ3) is 4.15. The van der Waals surface area contributed by atoms with Crippen LogP contribution < -0.4 is 0 Å². The summed E-state index contributed by atoms with van der Waals surface area (Å²) < 4.78 is 29.0. The van der Waals surface area contributed by atoms with E-state index in [1.165, 1.54) is 5.56 Å². The highest BCUT2D eigenvalue weighted by molar-refractivity contribution is 7.89. The van der Waals surface area contributed by atoms with Crippen molar-refractivity contribution in [2.75, 3.05) is 13.2 Å². The number of aliphatic hydroxyl groups excluding tert-OH is 1. The molecule has 26 heavy (non-hydrogen) atoms. The number of hydrogen-bond donors (Lipinski definition) is 1. The first kappa shape index (κ1) is 21.4. The summed E-state index contributed by atoms with van der Waals surface area (Å²) in [5.74, 6) is 0.587. The van der Waals surface area contributed by atoms with Crippen LogP contribution in [0.5, 0.6) is 0 Å². The smallest absolute Gasteiger partial charge is 0.243 e. The molecule has 1 atom stereocenters. The Hall–Kier alpha value is -0.910. The number of hydrogen-bond acceptors (Lipinski definition) is 3. The first-order valence-corrected chi connectivity index (χ1v) is 11.4. The van der Waals surface area contributed by atoms with Crippen molar-refractivity contribution in [2.45, 2.75) is 89.5 Å². The van der Waals surface area contributed by atoms with E-state index in [0.717, 1.165) is 30.4 Å². The molecule has 5 heteroatoms. The molecule has 1 heterocycles. The molecule has 1 aliphatic rings. The van der Waals surface area contributed by atoms with Crippen LogP contribution in [0.25, 0.3) is 0 Å². The van der Waals surface area contributed by atoms with Crippen LogP contribution in [0.4, 0.5) is 0 Å². The van der Waals surface area contributed by atoms with E-state index in [1.807, 2.05) is 0 Å². The molecule has 1 saturated heterocycles. The van der Waals surface area contributed by atoms with Crippen LogP contribution in [-0.4, -0.2) is 37.0 Å². The second-order valence-corrected chi connectivity index (χ2v) is 10.3. The third-order valence-electron chi connectivity index (χ3n) is 5.43. The van der Waals surface area contributed by atoms with E-state index in [2.05, 4.69) is 53.7 Å². The van der Waals surface area contributed by atoms with Gasteiger partial charge in [0.05, 0.1) is 11.5 Å². The van der Waals surface area contributed by atoms with Gasteiger partial charge in [0.2, 0.25) is 10.0 Å². The fourth-order valence-electron chi connectivity index (χ4n) is 3.78. The molecule has 1 unspecified atom stereocenters. The maximum atomic E-state index is 13.7. The summed E-state index contributed by atoms with van der Waals surface area (Å²) in [6.07, 6.45) is 2.55. The quantitative estimate of drug-likeness (QED) is 0.784. The molecule has 0 amide bonds. The van der Waals surface area contributed by atoms with E-state index < -0.39 is 10.0 Å². The molecule has 1 aliphatic heterocycles. The van der Waals surface area contributed by atoms with Gasteiger partial charge in [-0.05, 0) is 47.3 Å². The van der Waals surface area contributed by atoms with Gasteiger partial charge in [-0.25, -0.2) is 8.42 Å². The number of aliphatic hydroxyl groups is 1.